The molecule has 2 aromatic carbocycles. The molecule has 37 heavy (non-hydrogen) atoms. The van der Waals surface area contributed by atoms with Gasteiger partial charge in [0.05, 0.1) is 17.3 Å². The Morgan fingerprint density at radius 1 is 0.919 bits per heavy atom. The van der Waals surface area contributed by atoms with Gasteiger partial charge in [0.15, 0.2) is 0 Å². The normalized spacial score (nSPS) is 19.9. The summed E-state index contributed by atoms with van der Waals surface area (Å²) in [7, 11) is 0. The number of benzene rings is 2. The van der Waals surface area contributed by atoms with Crippen LogP contribution >= 0.6 is 0 Å². The van der Waals surface area contributed by atoms with Gasteiger partial charge in [-0.2, -0.15) is 5.10 Å². The third-order valence-corrected chi connectivity index (χ3v) is 8.43. The van der Waals surface area contributed by atoms with E-state index in [1.165, 1.54) is 38.5 Å². The van der Waals surface area contributed by atoms with Gasteiger partial charge >= 0.3 is 5.97 Å². The third-order valence-electron chi connectivity index (χ3n) is 8.43. The molecule has 2 aliphatic carbocycles. The number of ether oxygens (including phenoxy) is 1. The molecule has 0 saturated heterocycles. The molecule has 0 atom stereocenters. The lowest BCUT2D eigenvalue weighted by Gasteiger charge is -2.27. The lowest BCUT2D eigenvalue weighted by atomic mass is 9.80. The fourth-order valence-corrected chi connectivity index (χ4v) is 5.75. The Morgan fingerprint density at radius 2 is 1.59 bits per heavy atom. The molecule has 0 bridgehead atoms. The first-order valence-electron chi connectivity index (χ1n) is 14.3. The number of unbranched alkanes of at least 4 members (excludes halogenated alkanes) is 1. The highest BCUT2D eigenvalue weighted by Gasteiger charge is 2.27. The molecule has 0 spiro atoms. The molecule has 1 aromatic heterocycles. The molecule has 5 nitrogen and oxygen atoms in total. The van der Waals surface area contributed by atoms with Crippen molar-refractivity contribution in [3.8, 4) is 34.0 Å². The lowest BCUT2D eigenvalue weighted by Crippen LogP contribution is -2.25. The number of phenols is 1. The summed E-state index contributed by atoms with van der Waals surface area (Å²) in [5.74, 6) is 2.39. The van der Waals surface area contributed by atoms with Crippen molar-refractivity contribution in [2.75, 3.05) is 0 Å². The second-order valence-electron chi connectivity index (χ2n) is 11.1. The number of hydrogen-bond donors (Lipinski definition) is 1. The maximum atomic E-state index is 12.8. The molecule has 0 radical (unpaired) electrons. The number of aromatic nitrogens is 2. The zero-order chi connectivity index (χ0) is 25.6. The molecule has 1 heterocycles. The number of rotatable bonds is 10. The summed E-state index contributed by atoms with van der Waals surface area (Å²) in [6.07, 6.45) is 13.2. The molecule has 0 unspecified atom stereocenters. The van der Waals surface area contributed by atoms with E-state index in [4.69, 9.17) is 9.84 Å². The number of aromatic hydroxyl groups is 1. The Kier molecular flexibility index (Phi) is 8.28. The van der Waals surface area contributed by atoms with Crippen LogP contribution in [0.25, 0.3) is 22.5 Å². The molecule has 2 saturated carbocycles. The predicted octanol–water partition coefficient (Wildman–Crippen LogP) is 8.01. The minimum Gasteiger partial charge on any atom is -0.508 e. The Hall–Kier alpha value is -3.08. The lowest BCUT2D eigenvalue weighted by molar-refractivity contribution is -0.140. The van der Waals surface area contributed by atoms with E-state index in [1.807, 2.05) is 36.4 Å². The number of carbonyl (C=O) groups is 1. The van der Waals surface area contributed by atoms with E-state index in [9.17, 15) is 9.90 Å². The number of esters is 1. The van der Waals surface area contributed by atoms with Crippen LogP contribution in [0, 0.1) is 17.8 Å². The van der Waals surface area contributed by atoms with Crippen molar-refractivity contribution in [3.63, 3.8) is 0 Å². The monoisotopic (exact) mass is 500 g/mol. The second kappa shape index (κ2) is 12.0. The van der Waals surface area contributed by atoms with E-state index >= 15 is 0 Å². The summed E-state index contributed by atoms with van der Waals surface area (Å²) < 4.78 is 7.87. The maximum Gasteiger partial charge on any atom is 0.314 e. The third kappa shape index (κ3) is 6.44. The van der Waals surface area contributed by atoms with Crippen molar-refractivity contribution in [2.45, 2.75) is 84.1 Å². The first kappa shape index (κ1) is 25.6. The molecule has 1 N–H and O–H groups in total. The largest absolute Gasteiger partial charge is 0.508 e. The van der Waals surface area contributed by atoms with Crippen LogP contribution in [0.1, 0.15) is 77.6 Å². The summed E-state index contributed by atoms with van der Waals surface area (Å²) in [6.45, 7) is 3.13. The van der Waals surface area contributed by atoms with Crippen LogP contribution in [0.4, 0.5) is 0 Å². The molecular formula is C32H40N2O3. The highest BCUT2D eigenvalue weighted by molar-refractivity contribution is 5.76. The van der Waals surface area contributed by atoms with Gasteiger partial charge in [0, 0.05) is 17.7 Å². The Morgan fingerprint density at radius 3 is 2.24 bits per heavy atom. The molecule has 5 heteroatoms. The van der Waals surface area contributed by atoms with Gasteiger partial charge in [0.1, 0.15) is 11.5 Å². The highest BCUT2D eigenvalue weighted by Crippen LogP contribution is 2.34. The van der Waals surface area contributed by atoms with E-state index in [0.717, 1.165) is 73.0 Å². The summed E-state index contributed by atoms with van der Waals surface area (Å²) in [4.78, 5) is 12.8. The van der Waals surface area contributed by atoms with Crippen LogP contribution in [-0.2, 0) is 11.3 Å². The zero-order valence-electron chi connectivity index (χ0n) is 22.1. The van der Waals surface area contributed by atoms with Crippen molar-refractivity contribution in [1.29, 1.82) is 0 Å². The van der Waals surface area contributed by atoms with Crippen LogP contribution in [-0.4, -0.2) is 20.9 Å². The maximum absolute atomic E-state index is 12.8. The average Bonchev–Trinajstić information content (AvgIpc) is 3.32. The Bertz CT molecular complexity index is 1150. The van der Waals surface area contributed by atoms with Crippen molar-refractivity contribution in [1.82, 2.24) is 9.78 Å². The van der Waals surface area contributed by atoms with Gasteiger partial charge < -0.3 is 9.84 Å². The molecule has 3 aromatic rings. The second-order valence-corrected chi connectivity index (χ2v) is 11.1. The van der Waals surface area contributed by atoms with E-state index in [1.54, 1.807) is 12.1 Å². The number of nitrogens with zero attached hydrogens (tertiary/aromatic N) is 2. The quantitative estimate of drug-likeness (QED) is 0.226. The van der Waals surface area contributed by atoms with E-state index < -0.39 is 0 Å². The van der Waals surface area contributed by atoms with Gasteiger partial charge in [-0.1, -0.05) is 45.4 Å². The van der Waals surface area contributed by atoms with Crippen LogP contribution in [0.3, 0.4) is 0 Å². The van der Waals surface area contributed by atoms with Crippen LogP contribution in [0.2, 0.25) is 0 Å². The van der Waals surface area contributed by atoms with Gasteiger partial charge in [-0.05, 0) is 98.5 Å². The number of aryl methyl sites for hydroxylation is 1. The standard InChI is InChI=1S/C32H40N2O3/c1-2-3-5-24-8-10-27(11-9-24)32(36)37-29-18-14-25(15-19-29)30-22-31(26-12-16-28(35)17-13-26)34(33-30)21-20-23-6-4-7-23/h12-19,22-24,27,35H,2-11,20-21H2,1H3. The molecule has 0 amide bonds. The molecule has 0 aliphatic heterocycles. The van der Waals surface area contributed by atoms with Crippen LogP contribution < -0.4 is 4.74 Å². The molecular weight excluding hydrogens is 460 g/mol. The Balaban J connectivity index is 1.24. The van der Waals surface area contributed by atoms with Gasteiger partial charge in [0.2, 0.25) is 0 Å². The SMILES string of the molecule is CCCCC1CCC(C(=O)Oc2ccc(-c3cc(-c4ccc(O)cc4)n(CCC4CCC4)n3)cc2)CC1. The van der Waals surface area contributed by atoms with Crippen molar-refractivity contribution >= 4 is 5.97 Å². The number of hydrogen-bond acceptors (Lipinski definition) is 4. The van der Waals surface area contributed by atoms with Crippen molar-refractivity contribution in [2.24, 2.45) is 17.8 Å². The van der Waals surface area contributed by atoms with E-state index in [2.05, 4.69) is 17.7 Å². The smallest absolute Gasteiger partial charge is 0.314 e. The van der Waals surface area contributed by atoms with Gasteiger partial charge in [-0.3, -0.25) is 9.48 Å². The Labute approximate surface area is 220 Å². The van der Waals surface area contributed by atoms with Gasteiger partial charge in [-0.25, -0.2) is 0 Å². The summed E-state index contributed by atoms with van der Waals surface area (Å²) in [6, 6.07) is 17.2. The van der Waals surface area contributed by atoms with Gasteiger partial charge in [0.25, 0.3) is 0 Å². The van der Waals surface area contributed by atoms with E-state index in [0.29, 0.717) is 5.75 Å². The molecule has 2 aliphatic rings. The van der Waals surface area contributed by atoms with Crippen LogP contribution in [0.15, 0.2) is 54.6 Å². The zero-order valence-corrected chi connectivity index (χ0v) is 22.1. The van der Waals surface area contributed by atoms with Crippen molar-refractivity contribution < 1.29 is 14.6 Å². The summed E-state index contributed by atoms with van der Waals surface area (Å²) in [5.41, 5.74) is 4.00. The molecule has 196 valence electrons. The van der Waals surface area contributed by atoms with Gasteiger partial charge in [-0.15, -0.1) is 0 Å². The topological polar surface area (TPSA) is 64.3 Å². The summed E-state index contributed by atoms with van der Waals surface area (Å²) in [5, 5.41) is 14.7. The first-order chi connectivity index (χ1) is 18.1. The first-order valence-corrected chi connectivity index (χ1v) is 14.3. The minimum absolute atomic E-state index is 0.0248. The fraction of sp³-hybridized carbons (Fsp3) is 0.500. The van der Waals surface area contributed by atoms with E-state index in [-0.39, 0.29) is 17.6 Å². The van der Waals surface area contributed by atoms with Crippen molar-refractivity contribution in [3.05, 3.63) is 54.6 Å². The fourth-order valence-electron chi connectivity index (χ4n) is 5.75. The predicted molar refractivity (Wildman–Crippen MR) is 147 cm³/mol. The number of phenolic OH excluding ortho intramolecular Hbond substituents is 1. The number of carbonyl (C=O) groups excluding carboxylic acids is 1. The molecule has 5 rings (SSSR count). The average molecular weight is 501 g/mol. The summed E-state index contributed by atoms with van der Waals surface area (Å²) >= 11 is 0. The highest BCUT2D eigenvalue weighted by atomic mass is 16.5. The minimum atomic E-state index is -0.0865. The molecule has 2 fully saturated rings. The van der Waals surface area contributed by atoms with Crippen LogP contribution in [0.5, 0.6) is 11.5 Å².